The Kier molecular flexibility index (Phi) is 6.61. The van der Waals surface area contributed by atoms with E-state index in [1.54, 1.807) is 26.0 Å². The second kappa shape index (κ2) is 9.23. The Morgan fingerprint density at radius 1 is 1.12 bits per heavy atom. The number of hydrogen-bond donors (Lipinski definition) is 2. The number of benzene rings is 2. The number of nitrogens with one attached hydrogen (secondary N) is 1. The van der Waals surface area contributed by atoms with E-state index in [4.69, 9.17) is 9.84 Å². The van der Waals surface area contributed by atoms with Crippen molar-refractivity contribution in [2.24, 2.45) is 7.05 Å². The number of rotatable bonds is 7. The van der Waals surface area contributed by atoms with E-state index in [2.05, 4.69) is 15.2 Å². The van der Waals surface area contributed by atoms with Crippen LogP contribution in [0, 0.1) is 6.92 Å². The first-order chi connectivity index (χ1) is 15.4. The smallest absolute Gasteiger partial charge is 0.478 e. The van der Waals surface area contributed by atoms with Crippen LogP contribution in [0.25, 0.3) is 0 Å². The van der Waals surface area contributed by atoms with E-state index < -0.39 is 30.0 Å². The second-order valence-corrected chi connectivity index (χ2v) is 7.14. The first-order valence-corrected chi connectivity index (χ1v) is 9.66. The third kappa shape index (κ3) is 5.82. The summed E-state index contributed by atoms with van der Waals surface area (Å²) in [6.07, 6.45) is -4.86. The minimum Gasteiger partial charge on any atom is -0.478 e. The molecule has 0 bridgehead atoms. The lowest BCUT2D eigenvalue weighted by Crippen LogP contribution is -2.27. The largest absolute Gasteiger partial charge is 0.573 e. The number of carbonyl (C=O) groups is 2. The van der Waals surface area contributed by atoms with Crippen LogP contribution in [-0.4, -0.2) is 33.1 Å². The molecule has 174 valence electrons. The van der Waals surface area contributed by atoms with Gasteiger partial charge in [0.25, 0.3) is 5.91 Å². The van der Waals surface area contributed by atoms with Gasteiger partial charge in [0.05, 0.1) is 17.3 Å². The average molecular weight is 463 g/mol. The summed E-state index contributed by atoms with van der Waals surface area (Å²) in [6.45, 7) is 3.31. The Morgan fingerprint density at radius 2 is 1.76 bits per heavy atom. The van der Waals surface area contributed by atoms with Gasteiger partial charge >= 0.3 is 12.3 Å². The zero-order chi connectivity index (χ0) is 24.3. The SMILES string of the molecule is Cc1nn(C)c(Oc2cccc(OC(F)(F)F)c2)c1C(=O)NC(C)c1ccc(C(=O)O)cc1. The molecule has 0 fully saturated rings. The number of carbonyl (C=O) groups excluding carboxylic acids is 1. The molecular formula is C22H20F3N3O5. The van der Waals surface area contributed by atoms with E-state index in [1.165, 1.54) is 36.0 Å². The van der Waals surface area contributed by atoms with E-state index in [0.29, 0.717) is 11.3 Å². The third-order valence-corrected chi connectivity index (χ3v) is 4.66. The summed E-state index contributed by atoms with van der Waals surface area (Å²) >= 11 is 0. The quantitative estimate of drug-likeness (QED) is 0.531. The molecule has 1 amide bonds. The van der Waals surface area contributed by atoms with Crippen molar-refractivity contribution in [2.75, 3.05) is 0 Å². The van der Waals surface area contributed by atoms with Crippen molar-refractivity contribution in [1.29, 1.82) is 0 Å². The topological polar surface area (TPSA) is 103 Å². The third-order valence-electron chi connectivity index (χ3n) is 4.66. The number of aromatic carboxylic acids is 1. The maximum absolute atomic E-state index is 13.0. The molecule has 1 unspecified atom stereocenters. The number of amides is 1. The Balaban J connectivity index is 1.81. The van der Waals surface area contributed by atoms with Gasteiger partial charge in [-0.05, 0) is 43.7 Å². The fourth-order valence-corrected chi connectivity index (χ4v) is 3.13. The Labute approximate surface area is 186 Å². The van der Waals surface area contributed by atoms with E-state index in [-0.39, 0.29) is 22.8 Å². The minimum absolute atomic E-state index is 0.0195. The molecule has 2 N–H and O–H groups in total. The zero-order valence-corrected chi connectivity index (χ0v) is 17.8. The molecule has 0 saturated heterocycles. The number of hydrogen-bond acceptors (Lipinski definition) is 5. The summed E-state index contributed by atoms with van der Waals surface area (Å²) in [5.74, 6) is -2.00. The van der Waals surface area contributed by atoms with Crippen molar-refractivity contribution in [3.63, 3.8) is 0 Å². The lowest BCUT2D eigenvalue weighted by Gasteiger charge is -2.16. The van der Waals surface area contributed by atoms with Crippen molar-refractivity contribution in [1.82, 2.24) is 15.1 Å². The molecule has 2 aromatic carbocycles. The molecule has 0 saturated carbocycles. The Hall–Kier alpha value is -4.02. The molecule has 1 atom stereocenters. The monoisotopic (exact) mass is 463 g/mol. The minimum atomic E-state index is -4.86. The van der Waals surface area contributed by atoms with Crippen molar-refractivity contribution in [3.05, 3.63) is 70.9 Å². The van der Waals surface area contributed by atoms with Gasteiger partial charge in [0.2, 0.25) is 5.88 Å². The summed E-state index contributed by atoms with van der Waals surface area (Å²) < 4.78 is 48.4. The van der Waals surface area contributed by atoms with Gasteiger partial charge in [-0.25, -0.2) is 9.48 Å². The van der Waals surface area contributed by atoms with Crippen LogP contribution in [0.3, 0.4) is 0 Å². The van der Waals surface area contributed by atoms with Gasteiger partial charge in [-0.2, -0.15) is 5.10 Å². The average Bonchev–Trinajstić information content (AvgIpc) is 2.99. The number of aromatic nitrogens is 2. The van der Waals surface area contributed by atoms with Crippen LogP contribution < -0.4 is 14.8 Å². The Morgan fingerprint density at radius 3 is 2.36 bits per heavy atom. The van der Waals surface area contributed by atoms with Crippen molar-refractivity contribution in [3.8, 4) is 17.4 Å². The number of alkyl halides is 3. The highest BCUT2D eigenvalue weighted by Crippen LogP contribution is 2.31. The number of nitrogens with zero attached hydrogens (tertiary/aromatic N) is 2. The number of carboxylic acid groups (broad SMARTS) is 1. The molecule has 8 nitrogen and oxygen atoms in total. The second-order valence-electron chi connectivity index (χ2n) is 7.14. The Bertz CT molecular complexity index is 1170. The van der Waals surface area contributed by atoms with Crippen molar-refractivity contribution in [2.45, 2.75) is 26.3 Å². The molecule has 11 heteroatoms. The molecule has 1 aromatic heterocycles. The molecular weight excluding hydrogens is 443 g/mol. The lowest BCUT2D eigenvalue weighted by molar-refractivity contribution is -0.274. The van der Waals surface area contributed by atoms with E-state index in [1.807, 2.05) is 0 Å². The normalized spacial score (nSPS) is 12.2. The van der Waals surface area contributed by atoms with Crippen molar-refractivity contribution < 1.29 is 37.3 Å². The number of halogens is 3. The van der Waals surface area contributed by atoms with Crippen LogP contribution in [0.15, 0.2) is 48.5 Å². The highest BCUT2D eigenvalue weighted by Gasteiger charge is 2.31. The maximum Gasteiger partial charge on any atom is 0.573 e. The van der Waals surface area contributed by atoms with Crippen molar-refractivity contribution >= 4 is 11.9 Å². The first kappa shape index (κ1) is 23.6. The van der Waals surface area contributed by atoms with Crippen LogP contribution in [0.5, 0.6) is 17.4 Å². The summed E-state index contributed by atoms with van der Waals surface area (Å²) in [5.41, 5.74) is 1.25. The standard InChI is InChI=1S/C22H20F3N3O5/c1-12(14-7-9-15(10-8-14)21(30)31)26-19(29)18-13(2)27-28(3)20(18)32-16-5-4-6-17(11-16)33-22(23,24)25/h4-12H,1-3H3,(H,26,29)(H,30,31). The zero-order valence-electron chi connectivity index (χ0n) is 17.8. The van der Waals surface area contributed by atoms with E-state index >= 15 is 0 Å². The first-order valence-electron chi connectivity index (χ1n) is 9.66. The van der Waals surface area contributed by atoms with Crippen LogP contribution in [-0.2, 0) is 7.05 Å². The van der Waals surface area contributed by atoms with Gasteiger partial charge in [-0.15, -0.1) is 13.2 Å². The molecule has 0 radical (unpaired) electrons. The molecule has 33 heavy (non-hydrogen) atoms. The highest BCUT2D eigenvalue weighted by molar-refractivity contribution is 5.98. The van der Waals surface area contributed by atoms with Gasteiger partial charge in [-0.1, -0.05) is 18.2 Å². The fraction of sp³-hybridized carbons (Fsp3) is 0.227. The molecule has 0 aliphatic heterocycles. The van der Waals surface area contributed by atoms with Gasteiger partial charge in [-0.3, -0.25) is 4.79 Å². The van der Waals surface area contributed by atoms with Crippen LogP contribution >= 0.6 is 0 Å². The predicted octanol–water partition coefficient (Wildman–Crippen LogP) is 4.61. The lowest BCUT2D eigenvalue weighted by atomic mass is 10.1. The fourth-order valence-electron chi connectivity index (χ4n) is 3.13. The molecule has 0 aliphatic carbocycles. The van der Waals surface area contributed by atoms with Crippen LogP contribution in [0.2, 0.25) is 0 Å². The van der Waals surface area contributed by atoms with E-state index in [0.717, 1.165) is 12.1 Å². The molecule has 3 rings (SSSR count). The van der Waals surface area contributed by atoms with Gasteiger partial charge in [0.1, 0.15) is 17.1 Å². The maximum atomic E-state index is 13.0. The van der Waals surface area contributed by atoms with E-state index in [9.17, 15) is 22.8 Å². The summed E-state index contributed by atoms with van der Waals surface area (Å²) in [6, 6.07) is 10.5. The van der Waals surface area contributed by atoms with Gasteiger partial charge in [0, 0.05) is 13.1 Å². The summed E-state index contributed by atoms with van der Waals surface area (Å²) in [7, 11) is 1.53. The number of aryl methyl sites for hydroxylation is 2. The predicted molar refractivity (Wildman–Crippen MR) is 110 cm³/mol. The highest BCUT2D eigenvalue weighted by atomic mass is 19.4. The molecule has 3 aromatic rings. The molecule has 0 aliphatic rings. The number of carboxylic acids is 1. The summed E-state index contributed by atoms with van der Waals surface area (Å²) in [4.78, 5) is 24.0. The molecule has 0 spiro atoms. The summed E-state index contributed by atoms with van der Waals surface area (Å²) in [5, 5.41) is 16.0. The number of ether oxygens (including phenoxy) is 2. The van der Waals surface area contributed by atoms with Gasteiger partial charge < -0.3 is 19.9 Å². The van der Waals surface area contributed by atoms with Crippen LogP contribution in [0.1, 0.15) is 44.9 Å². The molecule has 1 heterocycles. The van der Waals surface area contributed by atoms with Gasteiger partial charge in [0.15, 0.2) is 0 Å². The van der Waals surface area contributed by atoms with Crippen LogP contribution in [0.4, 0.5) is 13.2 Å².